The van der Waals surface area contributed by atoms with E-state index in [9.17, 15) is 13.9 Å². The van der Waals surface area contributed by atoms with Gasteiger partial charge in [0, 0.05) is 6.42 Å². The van der Waals surface area contributed by atoms with E-state index in [2.05, 4.69) is 0 Å². The van der Waals surface area contributed by atoms with Gasteiger partial charge >= 0.3 is 0 Å². The molecule has 0 aliphatic heterocycles. The lowest BCUT2D eigenvalue weighted by molar-refractivity contribution is -0.105. The molecule has 0 spiro atoms. The van der Waals surface area contributed by atoms with Gasteiger partial charge in [-0.3, -0.25) is 0 Å². The zero-order valence-electron chi connectivity index (χ0n) is 8.18. The van der Waals surface area contributed by atoms with Crippen LogP contribution in [0.15, 0.2) is 0 Å². The van der Waals surface area contributed by atoms with E-state index in [0.29, 0.717) is 12.8 Å². The van der Waals surface area contributed by atoms with Crippen molar-refractivity contribution in [3.63, 3.8) is 0 Å². The van der Waals surface area contributed by atoms with Gasteiger partial charge in [-0.15, -0.1) is 0 Å². The van der Waals surface area contributed by atoms with Crippen molar-refractivity contribution in [2.24, 2.45) is 17.8 Å². The molecule has 3 unspecified atom stereocenters. The highest BCUT2D eigenvalue weighted by atomic mass is 19.3. The van der Waals surface area contributed by atoms with Crippen molar-refractivity contribution in [1.29, 1.82) is 0 Å². The molecule has 3 atom stereocenters. The fraction of sp³-hybridized carbons (Fsp3) is 1.00. The second kappa shape index (κ2) is 2.49. The summed E-state index contributed by atoms with van der Waals surface area (Å²) < 4.78 is 27.0. The minimum Gasteiger partial charge on any atom is -0.389 e. The molecule has 0 bridgehead atoms. The van der Waals surface area contributed by atoms with Crippen LogP contribution in [0.4, 0.5) is 8.78 Å². The Bertz CT molecular complexity index is 254. The number of aliphatic hydroxyl groups is 1. The van der Waals surface area contributed by atoms with Gasteiger partial charge in [0.2, 0.25) is 0 Å². The second-order valence-corrected chi connectivity index (χ2v) is 5.24. The Hall–Kier alpha value is -0.180. The van der Waals surface area contributed by atoms with Crippen LogP contribution in [0, 0.1) is 17.8 Å². The van der Waals surface area contributed by atoms with Gasteiger partial charge in [-0.05, 0) is 37.5 Å². The lowest BCUT2D eigenvalue weighted by Crippen LogP contribution is -2.37. The molecule has 3 fully saturated rings. The summed E-state index contributed by atoms with van der Waals surface area (Å²) in [6.45, 7) is 0. The van der Waals surface area contributed by atoms with Crippen molar-refractivity contribution in [2.45, 2.75) is 50.0 Å². The number of alkyl halides is 2. The zero-order valence-corrected chi connectivity index (χ0v) is 8.18. The van der Waals surface area contributed by atoms with Gasteiger partial charge in [-0.2, -0.15) is 0 Å². The quantitative estimate of drug-likeness (QED) is 0.693. The number of hydrogen-bond donors (Lipinski definition) is 1. The topological polar surface area (TPSA) is 20.2 Å². The van der Waals surface area contributed by atoms with Crippen molar-refractivity contribution in [3.05, 3.63) is 0 Å². The van der Waals surface area contributed by atoms with Crippen LogP contribution in [-0.2, 0) is 0 Å². The molecule has 0 saturated heterocycles. The van der Waals surface area contributed by atoms with Crippen molar-refractivity contribution in [2.75, 3.05) is 0 Å². The maximum Gasteiger partial charge on any atom is 0.253 e. The molecule has 3 heteroatoms. The highest BCUT2D eigenvalue weighted by molar-refractivity contribution is 5.20. The molecule has 3 aliphatic rings. The molecule has 1 N–H and O–H groups in total. The minimum absolute atomic E-state index is 0.0145. The monoisotopic (exact) mass is 202 g/mol. The summed E-state index contributed by atoms with van der Waals surface area (Å²) in [5.41, 5.74) is -0.974. The minimum atomic E-state index is -2.60. The number of fused-ring (bicyclic) bond motifs is 1. The van der Waals surface area contributed by atoms with E-state index < -0.39 is 17.4 Å². The van der Waals surface area contributed by atoms with E-state index in [1.165, 1.54) is 0 Å². The first-order valence-corrected chi connectivity index (χ1v) is 5.67. The predicted octanol–water partition coefficient (Wildman–Crippen LogP) is 2.58. The average Bonchev–Trinajstić information content (AvgIpc) is 2.60. The molecule has 3 aliphatic carbocycles. The van der Waals surface area contributed by atoms with E-state index in [0.717, 1.165) is 19.3 Å². The highest BCUT2D eigenvalue weighted by Crippen LogP contribution is 2.68. The normalized spacial score (nSPS) is 54.6. The molecule has 0 amide bonds. The first-order valence-electron chi connectivity index (χ1n) is 5.67. The number of rotatable bonds is 1. The van der Waals surface area contributed by atoms with Gasteiger partial charge < -0.3 is 5.11 Å². The summed E-state index contributed by atoms with van der Waals surface area (Å²) in [4.78, 5) is 0. The molecule has 0 aromatic rings. The van der Waals surface area contributed by atoms with E-state index in [-0.39, 0.29) is 18.3 Å². The lowest BCUT2D eigenvalue weighted by Gasteiger charge is -2.27. The Balaban J connectivity index is 1.83. The van der Waals surface area contributed by atoms with E-state index >= 15 is 0 Å². The van der Waals surface area contributed by atoms with Crippen molar-refractivity contribution in [1.82, 2.24) is 0 Å². The Morgan fingerprint density at radius 3 is 2.14 bits per heavy atom. The van der Waals surface area contributed by atoms with Gasteiger partial charge in [-0.25, -0.2) is 8.78 Å². The first-order chi connectivity index (χ1) is 6.57. The van der Waals surface area contributed by atoms with Crippen molar-refractivity contribution in [3.8, 4) is 0 Å². The molecule has 1 nitrogen and oxygen atoms in total. The summed E-state index contributed by atoms with van der Waals surface area (Å²) in [6, 6.07) is 0. The van der Waals surface area contributed by atoms with E-state index in [1.54, 1.807) is 0 Å². The van der Waals surface area contributed by atoms with Crippen LogP contribution in [0.25, 0.3) is 0 Å². The summed E-state index contributed by atoms with van der Waals surface area (Å²) in [6.07, 6.45) is 4.15. The van der Waals surface area contributed by atoms with Crippen LogP contribution in [0.2, 0.25) is 0 Å². The maximum atomic E-state index is 13.5. The molecule has 14 heavy (non-hydrogen) atoms. The molecule has 0 radical (unpaired) electrons. The second-order valence-electron chi connectivity index (χ2n) is 5.24. The van der Waals surface area contributed by atoms with Crippen LogP contribution >= 0.6 is 0 Å². The smallest absolute Gasteiger partial charge is 0.253 e. The Kier molecular flexibility index (Phi) is 1.61. The molecular weight excluding hydrogens is 186 g/mol. The average molecular weight is 202 g/mol. The van der Waals surface area contributed by atoms with E-state index in [1.807, 2.05) is 0 Å². The third-order valence-electron chi connectivity index (χ3n) is 4.67. The number of hydrogen-bond acceptors (Lipinski definition) is 1. The first kappa shape index (κ1) is 9.08. The summed E-state index contributed by atoms with van der Waals surface area (Å²) >= 11 is 0. The fourth-order valence-electron chi connectivity index (χ4n) is 3.98. The molecule has 80 valence electrons. The Morgan fingerprint density at radius 1 is 1.00 bits per heavy atom. The SMILES string of the molecule is OC1(C2CCCC2(F)F)C2CCCC21. The molecule has 0 aromatic carbocycles. The van der Waals surface area contributed by atoms with Crippen molar-refractivity contribution >= 4 is 0 Å². The van der Waals surface area contributed by atoms with Crippen molar-refractivity contribution < 1.29 is 13.9 Å². The largest absolute Gasteiger partial charge is 0.389 e. The van der Waals surface area contributed by atoms with Crippen LogP contribution in [-0.4, -0.2) is 16.6 Å². The predicted molar refractivity (Wildman–Crippen MR) is 48.1 cm³/mol. The summed E-state index contributed by atoms with van der Waals surface area (Å²) in [5.74, 6) is -2.92. The van der Waals surface area contributed by atoms with Gasteiger partial charge in [0.05, 0.1) is 11.5 Å². The molecule has 3 saturated carbocycles. The van der Waals surface area contributed by atoms with Crippen LogP contribution < -0.4 is 0 Å². The van der Waals surface area contributed by atoms with Gasteiger partial charge in [0.1, 0.15) is 0 Å². The Morgan fingerprint density at radius 2 is 1.64 bits per heavy atom. The third kappa shape index (κ3) is 0.918. The van der Waals surface area contributed by atoms with E-state index in [4.69, 9.17) is 0 Å². The fourth-order valence-corrected chi connectivity index (χ4v) is 3.98. The molecule has 0 heterocycles. The van der Waals surface area contributed by atoms with Gasteiger partial charge in [-0.1, -0.05) is 6.42 Å². The van der Waals surface area contributed by atoms with Crippen LogP contribution in [0.5, 0.6) is 0 Å². The van der Waals surface area contributed by atoms with Gasteiger partial charge in [0.15, 0.2) is 0 Å². The zero-order chi connectivity index (χ0) is 9.97. The lowest BCUT2D eigenvalue weighted by atomic mass is 9.89. The molecule has 3 rings (SSSR count). The third-order valence-corrected chi connectivity index (χ3v) is 4.67. The highest BCUT2D eigenvalue weighted by Gasteiger charge is 2.73. The standard InChI is InChI=1S/C11H16F2O/c12-10(13)6-2-5-9(10)11(14)7-3-1-4-8(7)11/h7-9,14H,1-6H2. The Labute approximate surface area is 82.5 Å². The summed E-state index contributed by atoms with van der Waals surface area (Å²) in [5, 5.41) is 10.3. The molecular formula is C11H16F2O. The van der Waals surface area contributed by atoms with Gasteiger partial charge in [0.25, 0.3) is 5.92 Å². The molecule has 0 aromatic heterocycles. The van der Waals surface area contributed by atoms with Crippen LogP contribution in [0.3, 0.4) is 0 Å². The number of halogens is 2. The van der Waals surface area contributed by atoms with Crippen LogP contribution in [0.1, 0.15) is 38.5 Å². The maximum absolute atomic E-state index is 13.5. The summed E-state index contributed by atoms with van der Waals surface area (Å²) in [7, 11) is 0.